The second-order valence-electron chi connectivity index (χ2n) is 4.39. The molecule has 2 aromatic carbocycles. The van der Waals surface area contributed by atoms with Crippen molar-refractivity contribution in [1.29, 1.82) is 5.26 Å². The van der Waals surface area contributed by atoms with E-state index in [1.807, 2.05) is 0 Å². The van der Waals surface area contributed by atoms with Crippen molar-refractivity contribution >= 4 is 52.5 Å². The van der Waals surface area contributed by atoms with Gasteiger partial charge in [-0.25, -0.2) is 4.39 Å². The van der Waals surface area contributed by atoms with Crippen molar-refractivity contribution in [3.8, 4) is 6.07 Å². The standard InChI is InChI=1S/C16H8Cl3FN2O/c17-12-2-1-3-13(18)11(12)6-9(8-21)16(23)22-10-4-5-15(20)14(19)7-10/h1-7H,(H,22,23)/b9-6+. The minimum atomic E-state index is -0.689. The van der Waals surface area contributed by atoms with Crippen LogP contribution in [0.15, 0.2) is 42.0 Å². The number of carbonyl (C=O) groups excluding carboxylic acids is 1. The number of nitriles is 1. The molecule has 0 radical (unpaired) electrons. The van der Waals surface area contributed by atoms with Crippen LogP contribution < -0.4 is 5.32 Å². The van der Waals surface area contributed by atoms with Crippen LogP contribution in [0.2, 0.25) is 15.1 Å². The first-order valence-corrected chi connectivity index (χ1v) is 7.38. The third-order valence-corrected chi connectivity index (χ3v) is 3.78. The maximum atomic E-state index is 13.1. The van der Waals surface area contributed by atoms with Crippen molar-refractivity contribution in [2.24, 2.45) is 0 Å². The second kappa shape index (κ2) is 7.47. The molecule has 1 N–H and O–H groups in total. The lowest BCUT2D eigenvalue weighted by molar-refractivity contribution is -0.112. The van der Waals surface area contributed by atoms with Gasteiger partial charge in [0.15, 0.2) is 0 Å². The highest BCUT2D eigenvalue weighted by molar-refractivity contribution is 6.37. The summed E-state index contributed by atoms with van der Waals surface area (Å²) in [6, 6.07) is 10.3. The average Bonchev–Trinajstić information content (AvgIpc) is 2.50. The summed E-state index contributed by atoms with van der Waals surface area (Å²) in [4.78, 5) is 12.1. The number of carbonyl (C=O) groups is 1. The van der Waals surface area contributed by atoms with Crippen LogP contribution >= 0.6 is 34.8 Å². The molecule has 0 saturated carbocycles. The predicted molar refractivity (Wildman–Crippen MR) is 90.1 cm³/mol. The fraction of sp³-hybridized carbons (Fsp3) is 0. The summed E-state index contributed by atoms with van der Waals surface area (Å²) in [7, 11) is 0. The SMILES string of the molecule is N#C/C(=C\c1c(Cl)cccc1Cl)C(=O)Nc1ccc(F)c(Cl)c1. The Balaban J connectivity index is 2.30. The molecule has 0 unspecified atom stereocenters. The van der Waals surface area contributed by atoms with Crippen LogP contribution in [0, 0.1) is 17.1 Å². The van der Waals surface area contributed by atoms with Gasteiger partial charge in [0.1, 0.15) is 17.5 Å². The molecule has 3 nitrogen and oxygen atoms in total. The van der Waals surface area contributed by atoms with Gasteiger partial charge in [-0.2, -0.15) is 5.26 Å². The predicted octanol–water partition coefficient (Wildman–Crippen LogP) is 5.33. The van der Waals surface area contributed by atoms with Crippen molar-refractivity contribution in [2.45, 2.75) is 0 Å². The molecule has 0 saturated heterocycles. The van der Waals surface area contributed by atoms with Crippen LogP contribution in [0.1, 0.15) is 5.56 Å². The van der Waals surface area contributed by atoms with Gasteiger partial charge in [-0.1, -0.05) is 40.9 Å². The second-order valence-corrected chi connectivity index (χ2v) is 5.61. The number of hydrogen-bond acceptors (Lipinski definition) is 2. The Morgan fingerprint density at radius 1 is 1.13 bits per heavy atom. The molecule has 0 spiro atoms. The maximum Gasteiger partial charge on any atom is 0.266 e. The molecule has 1 amide bonds. The first-order chi connectivity index (χ1) is 10.9. The normalized spacial score (nSPS) is 11.0. The van der Waals surface area contributed by atoms with E-state index in [9.17, 15) is 9.18 Å². The van der Waals surface area contributed by atoms with Gasteiger partial charge in [0.05, 0.1) is 5.02 Å². The van der Waals surface area contributed by atoms with Crippen molar-refractivity contribution in [3.05, 3.63) is 68.4 Å². The molecular formula is C16H8Cl3FN2O. The summed E-state index contributed by atoms with van der Waals surface area (Å²) in [5.41, 5.74) is 0.410. The zero-order valence-corrected chi connectivity index (χ0v) is 13.7. The molecule has 0 aliphatic carbocycles. The van der Waals surface area contributed by atoms with E-state index >= 15 is 0 Å². The van der Waals surface area contributed by atoms with Crippen LogP contribution in [0.3, 0.4) is 0 Å². The van der Waals surface area contributed by atoms with Crippen molar-refractivity contribution in [1.82, 2.24) is 0 Å². The maximum absolute atomic E-state index is 13.1. The smallest absolute Gasteiger partial charge is 0.266 e. The monoisotopic (exact) mass is 368 g/mol. The Bertz CT molecular complexity index is 823. The van der Waals surface area contributed by atoms with Gasteiger partial charge < -0.3 is 5.32 Å². The number of halogens is 4. The number of rotatable bonds is 3. The van der Waals surface area contributed by atoms with Gasteiger partial charge in [-0.05, 0) is 36.4 Å². The zero-order chi connectivity index (χ0) is 17.0. The third-order valence-electron chi connectivity index (χ3n) is 2.83. The van der Waals surface area contributed by atoms with Gasteiger partial charge in [0.2, 0.25) is 0 Å². The van der Waals surface area contributed by atoms with Gasteiger partial charge >= 0.3 is 0 Å². The molecule has 116 valence electrons. The molecule has 0 bridgehead atoms. The molecule has 7 heteroatoms. The number of anilines is 1. The fourth-order valence-electron chi connectivity index (χ4n) is 1.71. The van der Waals surface area contributed by atoms with E-state index in [2.05, 4.69) is 5.32 Å². The summed E-state index contributed by atoms with van der Waals surface area (Å²) in [6.07, 6.45) is 1.28. The van der Waals surface area contributed by atoms with E-state index in [-0.39, 0.29) is 16.3 Å². The van der Waals surface area contributed by atoms with Crippen molar-refractivity contribution in [3.63, 3.8) is 0 Å². The first-order valence-electron chi connectivity index (χ1n) is 6.24. The van der Waals surface area contributed by atoms with E-state index in [4.69, 9.17) is 40.1 Å². The van der Waals surface area contributed by atoms with Crippen LogP contribution in [-0.2, 0) is 4.79 Å². The number of amides is 1. The molecule has 2 aromatic rings. The highest BCUT2D eigenvalue weighted by Gasteiger charge is 2.13. The lowest BCUT2D eigenvalue weighted by atomic mass is 10.1. The van der Waals surface area contributed by atoms with Crippen LogP contribution in [0.4, 0.5) is 10.1 Å². The number of hydrogen-bond donors (Lipinski definition) is 1. The Hall–Kier alpha value is -2.06. The van der Waals surface area contributed by atoms with E-state index in [1.54, 1.807) is 24.3 Å². The Labute approximate surface area is 146 Å². The van der Waals surface area contributed by atoms with Crippen LogP contribution in [-0.4, -0.2) is 5.91 Å². The van der Waals surface area contributed by atoms with Crippen molar-refractivity contribution < 1.29 is 9.18 Å². The van der Waals surface area contributed by atoms with Gasteiger partial charge in [0, 0.05) is 21.3 Å². The van der Waals surface area contributed by atoms with E-state index < -0.39 is 11.7 Å². The zero-order valence-electron chi connectivity index (χ0n) is 11.4. The first kappa shape index (κ1) is 17.3. The van der Waals surface area contributed by atoms with Crippen LogP contribution in [0.5, 0.6) is 0 Å². The average molecular weight is 370 g/mol. The molecule has 0 aromatic heterocycles. The summed E-state index contributed by atoms with van der Waals surface area (Å²) in [5, 5.41) is 12.1. The largest absolute Gasteiger partial charge is 0.321 e. The molecule has 0 aliphatic rings. The summed E-state index contributed by atoms with van der Waals surface area (Å²) >= 11 is 17.7. The highest BCUT2D eigenvalue weighted by Crippen LogP contribution is 2.27. The third kappa shape index (κ3) is 4.23. The summed E-state index contributed by atoms with van der Waals surface area (Å²) in [6.45, 7) is 0. The van der Waals surface area contributed by atoms with Gasteiger partial charge in [-0.3, -0.25) is 4.79 Å². The quantitative estimate of drug-likeness (QED) is 0.587. The Morgan fingerprint density at radius 3 is 2.35 bits per heavy atom. The van der Waals surface area contributed by atoms with Gasteiger partial charge in [-0.15, -0.1) is 0 Å². The molecular weight excluding hydrogens is 362 g/mol. The molecule has 23 heavy (non-hydrogen) atoms. The summed E-state index contributed by atoms with van der Waals surface area (Å²) in [5.74, 6) is -1.30. The number of nitrogens with one attached hydrogen (secondary N) is 1. The minimum absolute atomic E-state index is 0.139. The molecule has 0 aliphatic heterocycles. The molecule has 2 rings (SSSR count). The fourth-order valence-corrected chi connectivity index (χ4v) is 2.40. The van der Waals surface area contributed by atoms with Gasteiger partial charge in [0.25, 0.3) is 5.91 Å². The molecule has 0 heterocycles. The molecule has 0 atom stereocenters. The lowest BCUT2D eigenvalue weighted by Crippen LogP contribution is -2.13. The van der Waals surface area contributed by atoms with Crippen molar-refractivity contribution in [2.75, 3.05) is 5.32 Å². The molecule has 0 fully saturated rings. The Kier molecular flexibility index (Phi) is 5.62. The highest BCUT2D eigenvalue weighted by atomic mass is 35.5. The van der Waals surface area contributed by atoms with Crippen LogP contribution in [0.25, 0.3) is 6.08 Å². The minimum Gasteiger partial charge on any atom is -0.321 e. The van der Waals surface area contributed by atoms with E-state index in [0.29, 0.717) is 15.6 Å². The van der Waals surface area contributed by atoms with E-state index in [0.717, 1.165) is 6.07 Å². The Morgan fingerprint density at radius 2 is 1.78 bits per heavy atom. The lowest BCUT2D eigenvalue weighted by Gasteiger charge is -2.06. The summed E-state index contributed by atoms with van der Waals surface area (Å²) < 4.78 is 13.1. The topological polar surface area (TPSA) is 52.9 Å². The number of benzene rings is 2. The number of nitrogens with zero attached hydrogens (tertiary/aromatic N) is 1. The van der Waals surface area contributed by atoms with E-state index in [1.165, 1.54) is 18.2 Å².